The van der Waals surface area contributed by atoms with E-state index in [0.717, 1.165) is 22.0 Å². The van der Waals surface area contributed by atoms with E-state index in [1.54, 1.807) is 4.57 Å². The van der Waals surface area contributed by atoms with Crippen molar-refractivity contribution in [2.45, 2.75) is 30.8 Å². The first kappa shape index (κ1) is 20.0. The molecule has 0 amide bonds. The molecule has 5 rings (SSSR count). The van der Waals surface area contributed by atoms with Gasteiger partial charge in [0, 0.05) is 16.6 Å². The fraction of sp³-hybridized carbons (Fsp3) is 0.190. The Hall–Kier alpha value is -2.98. The van der Waals surface area contributed by atoms with Crippen LogP contribution in [-0.4, -0.2) is 29.4 Å². The predicted molar refractivity (Wildman–Crippen MR) is 122 cm³/mol. The lowest BCUT2D eigenvalue weighted by molar-refractivity contribution is 0.528. The molecule has 0 fully saturated rings. The van der Waals surface area contributed by atoms with Gasteiger partial charge in [-0.2, -0.15) is 0 Å². The van der Waals surface area contributed by atoms with Gasteiger partial charge in [0.1, 0.15) is 0 Å². The highest BCUT2D eigenvalue weighted by atomic mass is 79.9. The van der Waals surface area contributed by atoms with Crippen LogP contribution >= 0.6 is 27.7 Å². The first-order chi connectivity index (χ1) is 15.2. The highest BCUT2D eigenvalue weighted by Gasteiger charge is 2.17. The van der Waals surface area contributed by atoms with Gasteiger partial charge in [0.15, 0.2) is 5.16 Å². The lowest BCUT2D eigenvalue weighted by atomic mass is 10.2. The maximum atomic E-state index is 12.9. The lowest BCUT2D eigenvalue weighted by Gasteiger charge is -2.10. The second-order valence-electron chi connectivity index (χ2n) is 6.89. The van der Waals surface area contributed by atoms with Crippen LogP contribution in [-0.2, 0) is 12.3 Å². The summed E-state index contributed by atoms with van der Waals surface area (Å²) in [6, 6.07) is 15.2. The average molecular weight is 497 g/mol. The summed E-state index contributed by atoms with van der Waals surface area (Å²) in [4.78, 5) is 12.9. The third-order valence-corrected chi connectivity index (χ3v) is 6.25. The number of fused-ring (bicyclic) bond motifs is 3. The number of benzene rings is 2. The van der Waals surface area contributed by atoms with Crippen molar-refractivity contribution in [1.29, 1.82) is 0 Å². The van der Waals surface area contributed by atoms with Crippen molar-refractivity contribution in [2.75, 3.05) is 0 Å². The zero-order chi connectivity index (χ0) is 21.4. The van der Waals surface area contributed by atoms with Crippen molar-refractivity contribution in [3.05, 3.63) is 69.2 Å². The van der Waals surface area contributed by atoms with E-state index in [0.29, 0.717) is 40.4 Å². The number of rotatable bonds is 6. The van der Waals surface area contributed by atoms with Crippen LogP contribution in [0.5, 0.6) is 0 Å². The van der Waals surface area contributed by atoms with Crippen molar-refractivity contribution in [2.24, 2.45) is 0 Å². The minimum atomic E-state index is -0.0510. The van der Waals surface area contributed by atoms with Crippen molar-refractivity contribution >= 4 is 44.4 Å². The SMILES string of the molecule is CCCn1c(=O)c2ccccc2n2c(SCc3nnc(-c4ccc(Br)cc4)o3)nnc12. The maximum Gasteiger partial charge on any atom is 0.262 e. The minimum Gasteiger partial charge on any atom is -0.420 e. The molecule has 3 aromatic heterocycles. The number of para-hydroxylation sites is 1. The van der Waals surface area contributed by atoms with E-state index in [-0.39, 0.29) is 5.56 Å². The summed E-state index contributed by atoms with van der Waals surface area (Å²) in [6.45, 7) is 2.61. The van der Waals surface area contributed by atoms with Gasteiger partial charge in [0.2, 0.25) is 17.6 Å². The molecule has 0 unspecified atom stereocenters. The second kappa shape index (κ2) is 8.27. The molecule has 3 heterocycles. The Balaban J connectivity index is 1.49. The highest BCUT2D eigenvalue weighted by molar-refractivity contribution is 9.10. The summed E-state index contributed by atoms with van der Waals surface area (Å²) >= 11 is 4.86. The van der Waals surface area contributed by atoms with E-state index in [4.69, 9.17) is 4.42 Å². The van der Waals surface area contributed by atoms with Gasteiger partial charge in [-0.05, 0) is 42.8 Å². The highest BCUT2D eigenvalue weighted by Crippen LogP contribution is 2.26. The number of aryl methyl sites for hydroxylation is 1. The molecular weight excluding hydrogens is 480 g/mol. The normalized spacial score (nSPS) is 11.5. The van der Waals surface area contributed by atoms with Crippen LogP contribution in [0.15, 0.2) is 67.4 Å². The van der Waals surface area contributed by atoms with Gasteiger partial charge >= 0.3 is 0 Å². The molecule has 156 valence electrons. The van der Waals surface area contributed by atoms with Gasteiger partial charge in [-0.1, -0.05) is 46.7 Å². The summed E-state index contributed by atoms with van der Waals surface area (Å²) < 4.78 is 10.4. The molecule has 2 aromatic carbocycles. The molecule has 0 aliphatic carbocycles. The average Bonchev–Trinajstić information content (AvgIpc) is 3.43. The standard InChI is InChI=1S/C21H17BrN6O2S/c1-2-11-27-19(29)15-5-3-4-6-16(15)28-20(27)25-26-21(28)31-12-17-23-24-18(30-17)13-7-9-14(22)10-8-13/h3-10H,2,11-12H2,1H3. The molecule has 0 radical (unpaired) electrons. The molecule has 5 aromatic rings. The number of hydrogen-bond donors (Lipinski definition) is 0. The van der Waals surface area contributed by atoms with Crippen molar-refractivity contribution in [3.63, 3.8) is 0 Å². The molecule has 10 heteroatoms. The first-order valence-corrected chi connectivity index (χ1v) is 11.5. The number of aromatic nitrogens is 6. The first-order valence-electron chi connectivity index (χ1n) is 9.73. The zero-order valence-corrected chi connectivity index (χ0v) is 18.9. The van der Waals surface area contributed by atoms with Gasteiger partial charge in [0.25, 0.3) is 5.56 Å². The third-order valence-electron chi connectivity index (χ3n) is 4.81. The van der Waals surface area contributed by atoms with Crippen LogP contribution in [0.4, 0.5) is 0 Å². The third kappa shape index (κ3) is 3.66. The fourth-order valence-electron chi connectivity index (χ4n) is 3.40. The van der Waals surface area contributed by atoms with E-state index >= 15 is 0 Å². The Morgan fingerprint density at radius 3 is 2.65 bits per heavy atom. The van der Waals surface area contributed by atoms with E-state index in [1.165, 1.54) is 11.8 Å². The lowest BCUT2D eigenvalue weighted by Crippen LogP contribution is -2.23. The summed E-state index contributed by atoms with van der Waals surface area (Å²) in [6.07, 6.45) is 0.823. The maximum absolute atomic E-state index is 12.9. The van der Waals surface area contributed by atoms with E-state index in [9.17, 15) is 4.79 Å². The Bertz CT molecular complexity index is 1440. The molecule has 0 bridgehead atoms. The van der Waals surface area contributed by atoms with Crippen LogP contribution in [0.3, 0.4) is 0 Å². The summed E-state index contributed by atoms with van der Waals surface area (Å²) in [7, 11) is 0. The molecular formula is C21H17BrN6O2S. The largest absolute Gasteiger partial charge is 0.420 e. The van der Waals surface area contributed by atoms with Gasteiger partial charge in [-0.25, -0.2) is 0 Å². The second-order valence-corrected chi connectivity index (χ2v) is 8.75. The number of thioether (sulfide) groups is 1. The molecule has 0 N–H and O–H groups in total. The molecule has 31 heavy (non-hydrogen) atoms. The van der Waals surface area contributed by atoms with E-state index in [1.807, 2.05) is 59.9 Å². The van der Waals surface area contributed by atoms with E-state index < -0.39 is 0 Å². The molecule has 0 aliphatic heterocycles. The van der Waals surface area contributed by atoms with Crippen LogP contribution < -0.4 is 5.56 Å². The van der Waals surface area contributed by atoms with Crippen molar-refractivity contribution < 1.29 is 4.42 Å². The van der Waals surface area contributed by atoms with Gasteiger partial charge in [-0.3, -0.25) is 13.8 Å². The van der Waals surface area contributed by atoms with Gasteiger partial charge in [0.05, 0.1) is 16.7 Å². The molecule has 0 saturated carbocycles. The van der Waals surface area contributed by atoms with E-state index in [2.05, 4.69) is 36.3 Å². The van der Waals surface area contributed by atoms with Gasteiger partial charge in [-0.15, -0.1) is 20.4 Å². The van der Waals surface area contributed by atoms with Crippen LogP contribution in [0.2, 0.25) is 0 Å². The Labute approximate surface area is 189 Å². The number of halogens is 1. The van der Waals surface area contributed by atoms with Crippen molar-refractivity contribution in [1.82, 2.24) is 29.4 Å². The molecule has 0 saturated heterocycles. The number of hydrogen-bond acceptors (Lipinski definition) is 7. The predicted octanol–water partition coefficient (Wildman–Crippen LogP) is 4.56. The Morgan fingerprint density at radius 2 is 1.84 bits per heavy atom. The quantitative estimate of drug-likeness (QED) is 0.318. The summed E-state index contributed by atoms with van der Waals surface area (Å²) in [5.74, 6) is 1.93. The topological polar surface area (TPSA) is 91.1 Å². The Kier molecular flexibility index (Phi) is 5.33. The fourth-order valence-corrected chi connectivity index (χ4v) is 4.44. The molecule has 0 atom stereocenters. The van der Waals surface area contributed by atoms with Crippen LogP contribution in [0.25, 0.3) is 28.1 Å². The summed E-state index contributed by atoms with van der Waals surface area (Å²) in [5.41, 5.74) is 1.59. The molecule has 8 nitrogen and oxygen atoms in total. The molecule has 0 spiro atoms. The zero-order valence-electron chi connectivity index (χ0n) is 16.5. The monoisotopic (exact) mass is 496 g/mol. The molecule has 0 aliphatic rings. The Morgan fingerprint density at radius 1 is 1.03 bits per heavy atom. The smallest absolute Gasteiger partial charge is 0.262 e. The van der Waals surface area contributed by atoms with Crippen LogP contribution in [0.1, 0.15) is 19.2 Å². The van der Waals surface area contributed by atoms with Crippen LogP contribution in [0, 0.1) is 0 Å². The van der Waals surface area contributed by atoms with Gasteiger partial charge < -0.3 is 4.42 Å². The number of nitrogens with zero attached hydrogens (tertiary/aromatic N) is 6. The minimum absolute atomic E-state index is 0.0510. The summed E-state index contributed by atoms with van der Waals surface area (Å²) in [5, 5.41) is 18.3. The van der Waals surface area contributed by atoms with Crippen molar-refractivity contribution in [3.8, 4) is 11.5 Å².